The van der Waals surface area contributed by atoms with Crippen molar-refractivity contribution >= 4 is 17.4 Å². The van der Waals surface area contributed by atoms with Crippen molar-refractivity contribution in [3.8, 4) is 0 Å². The van der Waals surface area contributed by atoms with Crippen LogP contribution >= 0.6 is 11.6 Å². The quantitative estimate of drug-likeness (QED) is 0.820. The van der Waals surface area contributed by atoms with Gasteiger partial charge in [0.25, 0.3) is 0 Å². The van der Waals surface area contributed by atoms with E-state index < -0.39 is 0 Å². The summed E-state index contributed by atoms with van der Waals surface area (Å²) in [7, 11) is 1.71. The largest absolute Gasteiger partial charge is 0.378 e. The Morgan fingerprint density at radius 3 is 3.12 bits per heavy atom. The first-order chi connectivity index (χ1) is 7.74. The Bertz CT molecular complexity index is 354. The summed E-state index contributed by atoms with van der Waals surface area (Å²) >= 11 is 5.80. The lowest BCUT2D eigenvalue weighted by Crippen LogP contribution is -2.39. The molecular weight excluding hydrogens is 228 g/mol. The van der Waals surface area contributed by atoms with Gasteiger partial charge in [0.15, 0.2) is 0 Å². The lowest BCUT2D eigenvalue weighted by atomic mass is 10.0. The van der Waals surface area contributed by atoms with Crippen LogP contribution in [0.1, 0.15) is 6.42 Å². The number of hydrogen-bond donors (Lipinski definition) is 1. The number of aromatic nitrogens is 1. The maximum absolute atomic E-state index is 5.80. The van der Waals surface area contributed by atoms with Crippen LogP contribution in [0.25, 0.3) is 0 Å². The van der Waals surface area contributed by atoms with Crippen molar-refractivity contribution in [3.05, 3.63) is 23.4 Å². The number of nitrogens with one attached hydrogen (secondary N) is 1. The summed E-state index contributed by atoms with van der Waals surface area (Å²) < 4.78 is 10.9. The summed E-state index contributed by atoms with van der Waals surface area (Å²) in [5, 5.41) is 3.70. The number of ether oxygens (including phenoxy) is 2. The van der Waals surface area contributed by atoms with Gasteiger partial charge in [0.2, 0.25) is 0 Å². The van der Waals surface area contributed by atoms with Gasteiger partial charge < -0.3 is 14.8 Å². The molecule has 1 aromatic heterocycles. The zero-order valence-corrected chi connectivity index (χ0v) is 9.96. The Balaban J connectivity index is 1.95. The minimum absolute atomic E-state index is 0.232. The van der Waals surface area contributed by atoms with E-state index in [-0.39, 0.29) is 5.60 Å². The van der Waals surface area contributed by atoms with E-state index in [1.54, 1.807) is 13.2 Å². The standard InChI is InChI=1S/C11H15ClN2O2/c1-15-11(5-6-16-8-11)7-13-10-4-2-3-9(12)14-10/h2-4H,5-8H2,1H3,(H,13,14). The predicted molar refractivity (Wildman–Crippen MR) is 62.9 cm³/mol. The Hall–Kier alpha value is -0.840. The highest BCUT2D eigenvalue weighted by molar-refractivity contribution is 6.29. The summed E-state index contributed by atoms with van der Waals surface area (Å²) in [6.45, 7) is 2.05. The lowest BCUT2D eigenvalue weighted by molar-refractivity contribution is -0.00625. The molecule has 0 amide bonds. The molecule has 0 spiro atoms. The molecule has 1 atom stereocenters. The van der Waals surface area contributed by atoms with Crippen LogP contribution in [0.2, 0.25) is 5.15 Å². The predicted octanol–water partition coefficient (Wildman–Crippen LogP) is 1.95. The third-order valence-electron chi connectivity index (χ3n) is 2.81. The fourth-order valence-corrected chi connectivity index (χ4v) is 1.88. The molecule has 1 N–H and O–H groups in total. The minimum atomic E-state index is -0.232. The molecule has 0 aliphatic carbocycles. The molecule has 1 fully saturated rings. The van der Waals surface area contributed by atoms with E-state index in [0.717, 1.165) is 18.8 Å². The minimum Gasteiger partial charge on any atom is -0.378 e. The number of nitrogens with zero attached hydrogens (tertiary/aromatic N) is 1. The van der Waals surface area contributed by atoms with Gasteiger partial charge in [-0.3, -0.25) is 0 Å². The molecule has 16 heavy (non-hydrogen) atoms. The van der Waals surface area contributed by atoms with Crippen molar-refractivity contribution in [1.29, 1.82) is 0 Å². The van der Waals surface area contributed by atoms with Crippen molar-refractivity contribution in [2.75, 3.05) is 32.2 Å². The molecule has 88 valence electrons. The molecule has 0 aromatic carbocycles. The molecule has 5 heteroatoms. The Morgan fingerprint density at radius 2 is 2.50 bits per heavy atom. The second-order valence-electron chi connectivity index (χ2n) is 3.89. The van der Waals surface area contributed by atoms with Crippen LogP contribution in [0.5, 0.6) is 0 Å². The van der Waals surface area contributed by atoms with Crippen molar-refractivity contribution in [3.63, 3.8) is 0 Å². The van der Waals surface area contributed by atoms with E-state index in [1.807, 2.05) is 12.1 Å². The second-order valence-corrected chi connectivity index (χ2v) is 4.28. The fourth-order valence-electron chi connectivity index (χ4n) is 1.72. The summed E-state index contributed by atoms with van der Waals surface area (Å²) in [6.07, 6.45) is 0.900. The van der Waals surface area contributed by atoms with Crippen LogP contribution in [0.15, 0.2) is 18.2 Å². The molecule has 1 unspecified atom stereocenters. The molecule has 0 radical (unpaired) electrons. The van der Waals surface area contributed by atoms with Gasteiger partial charge in [-0.25, -0.2) is 4.98 Å². The maximum atomic E-state index is 5.80. The van der Waals surface area contributed by atoms with Gasteiger partial charge in [0.05, 0.1) is 6.61 Å². The Morgan fingerprint density at radius 1 is 1.62 bits per heavy atom. The zero-order valence-electron chi connectivity index (χ0n) is 9.20. The topological polar surface area (TPSA) is 43.4 Å². The highest BCUT2D eigenvalue weighted by Gasteiger charge is 2.34. The molecule has 1 aliphatic rings. The van der Waals surface area contributed by atoms with E-state index in [4.69, 9.17) is 21.1 Å². The van der Waals surface area contributed by atoms with E-state index in [1.165, 1.54) is 0 Å². The average molecular weight is 243 g/mol. The monoisotopic (exact) mass is 242 g/mol. The number of rotatable bonds is 4. The third-order valence-corrected chi connectivity index (χ3v) is 3.02. The fraction of sp³-hybridized carbons (Fsp3) is 0.545. The van der Waals surface area contributed by atoms with E-state index >= 15 is 0 Å². The summed E-state index contributed by atoms with van der Waals surface area (Å²) in [5.41, 5.74) is -0.232. The molecular formula is C11H15ClN2O2. The normalized spacial score (nSPS) is 24.6. The van der Waals surface area contributed by atoms with Crippen LogP contribution in [-0.2, 0) is 9.47 Å². The third kappa shape index (κ3) is 2.64. The molecule has 0 bridgehead atoms. The van der Waals surface area contributed by atoms with Crippen LogP contribution in [0, 0.1) is 0 Å². The van der Waals surface area contributed by atoms with Gasteiger partial charge in [-0.2, -0.15) is 0 Å². The van der Waals surface area contributed by atoms with Gasteiger partial charge in [0, 0.05) is 26.7 Å². The second kappa shape index (κ2) is 4.99. The van der Waals surface area contributed by atoms with E-state index in [0.29, 0.717) is 18.3 Å². The number of hydrogen-bond acceptors (Lipinski definition) is 4. The number of anilines is 1. The van der Waals surface area contributed by atoms with Crippen molar-refractivity contribution in [1.82, 2.24) is 4.98 Å². The maximum Gasteiger partial charge on any atom is 0.131 e. The summed E-state index contributed by atoms with van der Waals surface area (Å²) in [4.78, 5) is 4.16. The highest BCUT2D eigenvalue weighted by atomic mass is 35.5. The number of halogens is 1. The van der Waals surface area contributed by atoms with Crippen molar-refractivity contribution in [2.24, 2.45) is 0 Å². The van der Waals surface area contributed by atoms with Crippen molar-refractivity contribution in [2.45, 2.75) is 12.0 Å². The van der Waals surface area contributed by atoms with Gasteiger partial charge in [0.1, 0.15) is 16.6 Å². The average Bonchev–Trinajstić information content (AvgIpc) is 2.76. The molecule has 2 rings (SSSR count). The molecule has 2 heterocycles. The SMILES string of the molecule is COC1(CNc2cccc(Cl)n2)CCOC1. The van der Waals surface area contributed by atoms with Gasteiger partial charge >= 0.3 is 0 Å². The zero-order chi connectivity index (χ0) is 11.4. The molecule has 1 saturated heterocycles. The van der Waals surface area contributed by atoms with Crippen LogP contribution in [0.3, 0.4) is 0 Å². The van der Waals surface area contributed by atoms with E-state index in [2.05, 4.69) is 10.3 Å². The summed E-state index contributed by atoms with van der Waals surface area (Å²) in [5.74, 6) is 0.760. The Kier molecular flexibility index (Phi) is 3.63. The molecule has 4 nitrogen and oxygen atoms in total. The van der Waals surface area contributed by atoms with Gasteiger partial charge in [-0.15, -0.1) is 0 Å². The lowest BCUT2D eigenvalue weighted by Gasteiger charge is -2.26. The van der Waals surface area contributed by atoms with Gasteiger partial charge in [-0.05, 0) is 12.1 Å². The smallest absolute Gasteiger partial charge is 0.131 e. The molecule has 1 aromatic rings. The highest BCUT2D eigenvalue weighted by Crippen LogP contribution is 2.23. The first-order valence-electron chi connectivity index (χ1n) is 5.23. The van der Waals surface area contributed by atoms with Crippen LogP contribution in [0.4, 0.5) is 5.82 Å². The molecule has 0 saturated carbocycles. The Labute approximate surface area is 99.9 Å². The van der Waals surface area contributed by atoms with Crippen LogP contribution < -0.4 is 5.32 Å². The number of methoxy groups -OCH3 is 1. The number of pyridine rings is 1. The van der Waals surface area contributed by atoms with E-state index in [9.17, 15) is 0 Å². The first kappa shape index (κ1) is 11.6. The van der Waals surface area contributed by atoms with Crippen molar-refractivity contribution < 1.29 is 9.47 Å². The van der Waals surface area contributed by atoms with Gasteiger partial charge in [-0.1, -0.05) is 17.7 Å². The molecule has 1 aliphatic heterocycles. The van der Waals surface area contributed by atoms with Crippen LogP contribution in [-0.4, -0.2) is 37.5 Å². The first-order valence-corrected chi connectivity index (χ1v) is 5.61. The summed E-state index contributed by atoms with van der Waals surface area (Å²) in [6, 6.07) is 5.49.